The molecule has 1 aliphatic rings. The molecule has 0 spiro atoms. The van der Waals surface area contributed by atoms with Gasteiger partial charge in [-0.15, -0.1) is 16.1 Å². The number of aromatic nitrogens is 3. The van der Waals surface area contributed by atoms with Crippen LogP contribution < -0.4 is 14.9 Å². The Kier molecular flexibility index (Phi) is 6.79. The van der Waals surface area contributed by atoms with Gasteiger partial charge in [0, 0.05) is 36.1 Å². The highest BCUT2D eigenvalue weighted by molar-refractivity contribution is 7.91. The van der Waals surface area contributed by atoms with Crippen molar-refractivity contribution in [3.05, 3.63) is 65.6 Å². The summed E-state index contributed by atoms with van der Waals surface area (Å²) < 4.78 is 46.8. The van der Waals surface area contributed by atoms with E-state index in [4.69, 9.17) is 11.6 Å². The second kappa shape index (κ2) is 9.87. The molecule has 1 N–H and O–H groups in total. The van der Waals surface area contributed by atoms with E-state index in [2.05, 4.69) is 20.0 Å². The minimum Gasteiger partial charge on any atom is -0.313 e. The zero-order valence-corrected chi connectivity index (χ0v) is 21.4. The number of piperidine rings is 1. The Morgan fingerprint density at radius 1 is 1.28 bits per heavy atom. The van der Waals surface area contributed by atoms with Gasteiger partial charge in [-0.3, -0.25) is 4.79 Å². The van der Waals surface area contributed by atoms with Crippen LogP contribution in [0.5, 0.6) is 0 Å². The monoisotopic (exact) mass is 547 g/mol. The molecule has 1 radical (unpaired) electrons. The normalized spacial score (nSPS) is 16.7. The lowest BCUT2D eigenvalue weighted by Crippen LogP contribution is -2.49. The summed E-state index contributed by atoms with van der Waals surface area (Å²) >= 11 is 6.84. The van der Waals surface area contributed by atoms with Crippen LogP contribution in [0.25, 0.3) is 15.9 Å². The molecule has 4 aromatic rings. The number of sulfonamides is 1. The molecule has 1 atom stereocenters. The summed E-state index contributed by atoms with van der Waals surface area (Å²) in [6.45, 7) is 0.768. The Labute approximate surface area is 216 Å². The number of imidazole rings is 1. The van der Waals surface area contributed by atoms with E-state index in [1.807, 2.05) is 0 Å². The van der Waals surface area contributed by atoms with Crippen molar-refractivity contribution in [2.24, 2.45) is 0 Å². The summed E-state index contributed by atoms with van der Waals surface area (Å²) in [6, 6.07) is 8.11. The number of nitrogens with zero attached hydrogens (tertiary/aromatic N) is 5. The van der Waals surface area contributed by atoms with Crippen LogP contribution in [0.4, 0.5) is 10.1 Å². The van der Waals surface area contributed by atoms with Gasteiger partial charge in [-0.05, 0) is 50.2 Å². The fraction of sp³-hybridized carbons (Fsp3) is 0.261. The summed E-state index contributed by atoms with van der Waals surface area (Å²) in [5.41, 5.74) is 0.641. The maximum atomic E-state index is 15.2. The highest BCUT2D eigenvalue weighted by atomic mass is 35.5. The lowest BCUT2D eigenvalue weighted by Gasteiger charge is -2.32. The van der Waals surface area contributed by atoms with Gasteiger partial charge in [-0.25, -0.2) is 22.8 Å². The van der Waals surface area contributed by atoms with Crippen molar-refractivity contribution in [1.82, 2.24) is 24.6 Å². The first-order valence-electron chi connectivity index (χ1n) is 11.1. The van der Waals surface area contributed by atoms with Crippen LogP contribution in [-0.4, -0.2) is 48.5 Å². The quantitative estimate of drug-likeness (QED) is 0.355. The lowest BCUT2D eigenvalue weighted by atomic mass is 10.0. The Balaban J connectivity index is 1.37. The minimum absolute atomic E-state index is 0.0228. The van der Waals surface area contributed by atoms with Gasteiger partial charge in [-0.2, -0.15) is 0 Å². The number of pyridine rings is 1. The third-order valence-corrected chi connectivity index (χ3v) is 8.90. The maximum absolute atomic E-state index is 15.2. The van der Waals surface area contributed by atoms with Gasteiger partial charge in [0.2, 0.25) is 5.91 Å². The average Bonchev–Trinajstić information content (AvgIpc) is 3.48. The van der Waals surface area contributed by atoms with Crippen molar-refractivity contribution >= 4 is 54.8 Å². The van der Waals surface area contributed by atoms with Crippen LogP contribution in [0.15, 0.2) is 53.0 Å². The van der Waals surface area contributed by atoms with Crippen molar-refractivity contribution in [2.45, 2.75) is 29.6 Å². The van der Waals surface area contributed by atoms with Crippen LogP contribution in [0.3, 0.4) is 0 Å². The van der Waals surface area contributed by atoms with E-state index in [-0.39, 0.29) is 28.0 Å². The van der Waals surface area contributed by atoms with Crippen LogP contribution in [0.1, 0.15) is 18.7 Å². The number of thiophene rings is 1. The molecule has 0 saturated carbocycles. The van der Waals surface area contributed by atoms with Crippen molar-refractivity contribution in [2.75, 3.05) is 18.5 Å². The predicted octanol–water partition coefficient (Wildman–Crippen LogP) is 3.48. The molecule has 0 bridgehead atoms. The van der Waals surface area contributed by atoms with E-state index in [0.29, 0.717) is 34.7 Å². The highest BCUT2D eigenvalue weighted by Crippen LogP contribution is 2.31. The molecule has 9 nitrogen and oxygen atoms in total. The molecule has 1 saturated heterocycles. The second-order valence-electron chi connectivity index (χ2n) is 8.20. The topological polar surface area (TPSA) is 111 Å². The third kappa shape index (κ3) is 4.74. The van der Waals surface area contributed by atoms with E-state index in [1.165, 1.54) is 23.1 Å². The Bertz CT molecular complexity index is 1550. The standard InChI is InChI=1S/C23H21ClFN6O3S2/c1-26-13-20-27-8-10-30(20)15-5-6-18(16(25)12-15)31-9-2-3-17(23(31)32)29-36(33,34)21-11-14-4-7-19(24)28-22(14)35-21/h4-8,10-12,17,26H,2-3,9,13H2,1H3. The summed E-state index contributed by atoms with van der Waals surface area (Å²) in [5.74, 6) is -0.445. The molecule has 187 valence electrons. The number of halogens is 2. The molecule has 13 heteroatoms. The molecule has 4 heterocycles. The largest absolute Gasteiger partial charge is 0.313 e. The zero-order chi connectivity index (χ0) is 25.4. The van der Waals surface area contributed by atoms with Crippen LogP contribution in [0, 0.1) is 5.82 Å². The highest BCUT2D eigenvalue weighted by Gasteiger charge is 2.36. The number of carbonyl (C=O) groups excluding carboxylic acids is 1. The number of anilines is 1. The van der Waals surface area contributed by atoms with Crippen LogP contribution in [-0.2, 0) is 21.4 Å². The van der Waals surface area contributed by atoms with Crippen LogP contribution in [0.2, 0.25) is 5.15 Å². The second-order valence-corrected chi connectivity index (χ2v) is 11.5. The summed E-state index contributed by atoms with van der Waals surface area (Å²) in [7, 11) is -2.34. The molecule has 0 aliphatic carbocycles. The van der Waals surface area contributed by atoms with Gasteiger partial charge in [0.05, 0.1) is 12.2 Å². The number of hydrogen-bond acceptors (Lipinski definition) is 7. The van der Waals surface area contributed by atoms with Gasteiger partial charge in [0.1, 0.15) is 31.9 Å². The summed E-state index contributed by atoms with van der Waals surface area (Å²) in [4.78, 5) is 23.3. The first-order chi connectivity index (χ1) is 17.3. The molecule has 1 unspecified atom stereocenters. The van der Waals surface area contributed by atoms with Crippen LogP contribution >= 0.6 is 22.9 Å². The average molecular weight is 548 g/mol. The maximum Gasteiger partial charge on any atom is 0.267 e. The van der Waals surface area contributed by atoms with Crippen molar-refractivity contribution in [3.8, 4) is 5.69 Å². The van der Waals surface area contributed by atoms with E-state index in [1.54, 1.807) is 42.2 Å². The van der Waals surface area contributed by atoms with Crippen molar-refractivity contribution < 1.29 is 17.6 Å². The summed E-state index contributed by atoms with van der Waals surface area (Å²) in [6.07, 6.45) is 4.09. The van der Waals surface area contributed by atoms with E-state index < -0.39 is 27.8 Å². The van der Waals surface area contributed by atoms with Gasteiger partial charge in [0.15, 0.2) is 0 Å². The third-order valence-electron chi connectivity index (χ3n) is 5.81. The molecule has 1 amide bonds. The van der Waals surface area contributed by atoms with E-state index >= 15 is 4.39 Å². The van der Waals surface area contributed by atoms with Gasteiger partial charge >= 0.3 is 0 Å². The molecule has 1 aliphatic heterocycles. The Morgan fingerprint density at radius 3 is 2.89 bits per heavy atom. The number of nitrogens with one attached hydrogen (secondary N) is 1. The molecule has 3 aromatic heterocycles. The fourth-order valence-corrected chi connectivity index (χ4v) is 6.80. The molecule has 1 aromatic carbocycles. The molecule has 5 rings (SSSR count). The van der Waals surface area contributed by atoms with Crippen molar-refractivity contribution in [1.29, 1.82) is 0 Å². The number of carbonyl (C=O) groups is 1. The lowest BCUT2D eigenvalue weighted by molar-refractivity contribution is -0.121. The van der Waals surface area contributed by atoms with Gasteiger partial charge in [-0.1, -0.05) is 11.6 Å². The zero-order valence-electron chi connectivity index (χ0n) is 19.1. The predicted molar refractivity (Wildman–Crippen MR) is 136 cm³/mol. The van der Waals surface area contributed by atoms with Gasteiger partial charge < -0.3 is 14.8 Å². The summed E-state index contributed by atoms with van der Waals surface area (Å²) in [5, 5.41) is 3.88. The number of rotatable bonds is 7. The first kappa shape index (κ1) is 24.8. The fourth-order valence-electron chi connectivity index (χ4n) is 4.13. The van der Waals surface area contributed by atoms with E-state index in [9.17, 15) is 13.2 Å². The number of benzene rings is 1. The first-order valence-corrected chi connectivity index (χ1v) is 13.7. The number of amides is 1. The minimum atomic E-state index is -4.13. The van der Waals surface area contributed by atoms with E-state index in [0.717, 1.165) is 11.3 Å². The molecular formula is C23H21ClFN6O3S2. The Morgan fingerprint density at radius 2 is 2.11 bits per heavy atom. The molecule has 36 heavy (non-hydrogen) atoms. The molecular weight excluding hydrogens is 527 g/mol. The smallest absolute Gasteiger partial charge is 0.267 e. The number of hydrogen-bond donors (Lipinski definition) is 1. The number of fused-ring (bicyclic) bond motifs is 1. The SMILES string of the molecule is CNCc1nccn1-c1ccc(N2CCCC([N]S(=O)(=O)c3cc4ccc(Cl)nc4s3)C2=O)c(F)c1. The molecule has 1 fully saturated rings. The van der Waals surface area contributed by atoms with Crippen molar-refractivity contribution in [3.63, 3.8) is 0 Å². The van der Waals surface area contributed by atoms with Gasteiger partial charge in [0.25, 0.3) is 10.0 Å². The Hall–Kier alpha value is -2.90.